The van der Waals surface area contributed by atoms with E-state index < -0.39 is 0 Å². The van der Waals surface area contributed by atoms with Gasteiger partial charge in [0, 0.05) is 18.8 Å². The quantitative estimate of drug-likeness (QED) is 0.785. The highest BCUT2D eigenvalue weighted by atomic mass is 16.5. The van der Waals surface area contributed by atoms with Crippen LogP contribution in [0.4, 0.5) is 10.5 Å². The van der Waals surface area contributed by atoms with Crippen LogP contribution in [0.1, 0.15) is 6.92 Å². The third-order valence-electron chi connectivity index (χ3n) is 2.55. The number of hydrogen-bond acceptors (Lipinski definition) is 2. The molecule has 1 aliphatic heterocycles. The molecule has 1 aromatic rings. The first-order valence-corrected chi connectivity index (χ1v) is 5.48. The normalized spacial score (nSPS) is 20.6. The summed E-state index contributed by atoms with van der Waals surface area (Å²) < 4.78 is 5.39. The van der Waals surface area contributed by atoms with E-state index in [2.05, 4.69) is 5.32 Å². The number of amides is 2. The molecule has 1 N–H and O–H groups in total. The lowest BCUT2D eigenvalue weighted by Crippen LogP contribution is -2.46. The lowest BCUT2D eigenvalue weighted by atomic mass is 10.3. The Labute approximate surface area is 95.2 Å². The van der Waals surface area contributed by atoms with Crippen molar-refractivity contribution in [1.29, 1.82) is 0 Å². The van der Waals surface area contributed by atoms with Gasteiger partial charge in [0.25, 0.3) is 0 Å². The van der Waals surface area contributed by atoms with Crippen molar-refractivity contribution in [2.75, 3.05) is 25.0 Å². The highest BCUT2D eigenvalue weighted by Crippen LogP contribution is 2.09. The minimum absolute atomic E-state index is 0.0543. The van der Waals surface area contributed by atoms with E-state index in [0.717, 1.165) is 5.69 Å². The van der Waals surface area contributed by atoms with Crippen LogP contribution in [-0.2, 0) is 4.74 Å². The molecular weight excluding hydrogens is 204 g/mol. The Morgan fingerprint density at radius 3 is 2.88 bits per heavy atom. The lowest BCUT2D eigenvalue weighted by molar-refractivity contribution is -0.00138. The molecule has 0 unspecified atom stereocenters. The topological polar surface area (TPSA) is 41.6 Å². The molecular formula is C12H16N2O2. The van der Waals surface area contributed by atoms with Crippen molar-refractivity contribution < 1.29 is 9.53 Å². The van der Waals surface area contributed by atoms with Crippen molar-refractivity contribution in [3.05, 3.63) is 30.3 Å². The average Bonchev–Trinajstić information content (AvgIpc) is 2.30. The Kier molecular flexibility index (Phi) is 3.41. The molecule has 1 aliphatic rings. The van der Waals surface area contributed by atoms with Crippen molar-refractivity contribution >= 4 is 11.7 Å². The van der Waals surface area contributed by atoms with Gasteiger partial charge in [-0.1, -0.05) is 18.2 Å². The van der Waals surface area contributed by atoms with E-state index in [1.165, 1.54) is 0 Å². The van der Waals surface area contributed by atoms with Crippen LogP contribution in [0.25, 0.3) is 0 Å². The minimum Gasteiger partial charge on any atom is -0.375 e. The highest BCUT2D eigenvalue weighted by molar-refractivity contribution is 5.89. The third kappa shape index (κ3) is 2.73. The number of carbonyl (C=O) groups is 1. The number of nitrogens with one attached hydrogen (secondary N) is 1. The summed E-state index contributed by atoms with van der Waals surface area (Å²) in [6.07, 6.45) is 0.121. The Hall–Kier alpha value is -1.55. The largest absolute Gasteiger partial charge is 0.375 e. The Balaban J connectivity index is 1.93. The van der Waals surface area contributed by atoms with Crippen molar-refractivity contribution in [3.8, 4) is 0 Å². The van der Waals surface area contributed by atoms with Crippen molar-refractivity contribution in [2.45, 2.75) is 13.0 Å². The third-order valence-corrected chi connectivity index (χ3v) is 2.55. The summed E-state index contributed by atoms with van der Waals surface area (Å²) >= 11 is 0. The molecule has 0 bridgehead atoms. The summed E-state index contributed by atoms with van der Waals surface area (Å²) in [7, 11) is 0. The van der Waals surface area contributed by atoms with Crippen molar-refractivity contribution in [1.82, 2.24) is 4.90 Å². The van der Waals surface area contributed by atoms with E-state index in [-0.39, 0.29) is 12.1 Å². The van der Waals surface area contributed by atoms with Gasteiger partial charge in [-0.15, -0.1) is 0 Å². The fourth-order valence-corrected chi connectivity index (χ4v) is 1.73. The van der Waals surface area contributed by atoms with Crippen LogP contribution in [0.5, 0.6) is 0 Å². The molecule has 1 fully saturated rings. The molecule has 2 rings (SSSR count). The molecule has 16 heavy (non-hydrogen) atoms. The molecule has 0 aromatic heterocycles. The molecule has 0 aliphatic carbocycles. The van der Waals surface area contributed by atoms with Gasteiger partial charge in [0.2, 0.25) is 0 Å². The smallest absolute Gasteiger partial charge is 0.322 e. The maximum absolute atomic E-state index is 11.9. The molecule has 86 valence electrons. The van der Waals surface area contributed by atoms with Crippen LogP contribution in [0.15, 0.2) is 30.3 Å². The first-order valence-electron chi connectivity index (χ1n) is 5.48. The SMILES string of the molecule is C[C@@H]1CN(C(=O)Nc2ccccc2)CCO1. The summed E-state index contributed by atoms with van der Waals surface area (Å²) in [6.45, 7) is 3.90. The fourth-order valence-electron chi connectivity index (χ4n) is 1.73. The van der Waals surface area contributed by atoms with E-state index in [9.17, 15) is 4.79 Å². The van der Waals surface area contributed by atoms with E-state index >= 15 is 0 Å². The van der Waals surface area contributed by atoms with Gasteiger partial charge in [-0.25, -0.2) is 4.79 Å². The molecule has 1 heterocycles. The summed E-state index contributed by atoms with van der Waals surface area (Å²) in [4.78, 5) is 13.7. The van der Waals surface area contributed by atoms with E-state index in [4.69, 9.17) is 4.74 Å². The summed E-state index contributed by atoms with van der Waals surface area (Å²) in [5, 5.41) is 2.86. The predicted octanol–water partition coefficient (Wildman–Crippen LogP) is 1.94. The molecule has 1 saturated heterocycles. The summed E-state index contributed by atoms with van der Waals surface area (Å²) in [5.41, 5.74) is 0.826. The Morgan fingerprint density at radius 1 is 1.44 bits per heavy atom. The van der Waals surface area contributed by atoms with E-state index in [0.29, 0.717) is 19.7 Å². The number of para-hydroxylation sites is 1. The number of morpholine rings is 1. The van der Waals surface area contributed by atoms with Crippen LogP contribution < -0.4 is 5.32 Å². The van der Waals surface area contributed by atoms with Gasteiger partial charge >= 0.3 is 6.03 Å². The van der Waals surface area contributed by atoms with Crippen LogP contribution in [0.3, 0.4) is 0 Å². The number of rotatable bonds is 1. The second kappa shape index (κ2) is 4.99. The Bertz CT molecular complexity index is 353. The first-order chi connectivity index (χ1) is 7.75. The number of benzene rings is 1. The van der Waals surface area contributed by atoms with Crippen LogP contribution in [0.2, 0.25) is 0 Å². The Morgan fingerprint density at radius 2 is 2.19 bits per heavy atom. The van der Waals surface area contributed by atoms with Gasteiger partial charge in [0.15, 0.2) is 0 Å². The molecule has 0 saturated carbocycles. The molecule has 0 radical (unpaired) electrons. The van der Waals surface area contributed by atoms with Gasteiger partial charge in [0.1, 0.15) is 0 Å². The molecule has 4 heteroatoms. The van der Waals surface area contributed by atoms with Gasteiger partial charge < -0.3 is 15.0 Å². The molecule has 0 spiro atoms. The zero-order valence-electron chi connectivity index (χ0n) is 9.35. The zero-order valence-corrected chi connectivity index (χ0v) is 9.35. The maximum Gasteiger partial charge on any atom is 0.322 e. The van der Waals surface area contributed by atoms with E-state index in [1.807, 2.05) is 37.3 Å². The highest BCUT2D eigenvalue weighted by Gasteiger charge is 2.20. The average molecular weight is 220 g/mol. The monoisotopic (exact) mass is 220 g/mol. The number of ether oxygens (including phenoxy) is 1. The van der Waals surface area contributed by atoms with Crippen LogP contribution in [0, 0.1) is 0 Å². The number of urea groups is 1. The van der Waals surface area contributed by atoms with Gasteiger partial charge in [-0.2, -0.15) is 0 Å². The first kappa shape index (κ1) is 11.0. The van der Waals surface area contributed by atoms with Crippen LogP contribution >= 0.6 is 0 Å². The molecule has 2 amide bonds. The summed E-state index contributed by atoms with van der Waals surface area (Å²) in [6, 6.07) is 9.42. The van der Waals surface area contributed by atoms with Gasteiger partial charge in [-0.05, 0) is 19.1 Å². The minimum atomic E-state index is -0.0543. The molecule has 1 atom stereocenters. The van der Waals surface area contributed by atoms with E-state index in [1.54, 1.807) is 4.90 Å². The number of carbonyl (C=O) groups excluding carboxylic acids is 1. The van der Waals surface area contributed by atoms with Gasteiger partial charge in [-0.3, -0.25) is 0 Å². The van der Waals surface area contributed by atoms with Crippen molar-refractivity contribution in [2.24, 2.45) is 0 Å². The molecule has 4 nitrogen and oxygen atoms in total. The van der Waals surface area contributed by atoms with Crippen LogP contribution in [-0.4, -0.2) is 36.7 Å². The molecule has 1 aromatic carbocycles. The second-order valence-electron chi connectivity index (χ2n) is 3.92. The zero-order chi connectivity index (χ0) is 11.4. The standard InChI is InChI=1S/C12H16N2O2/c1-10-9-14(7-8-16-10)12(15)13-11-5-3-2-4-6-11/h2-6,10H,7-9H2,1H3,(H,13,15)/t10-/m1/s1. The predicted molar refractivity (Wildman–Crippen MR) is 62.4 cm³/mol. The second-order valence-corrected chi connectivity index (χ2v) is 3.92. The lowest BCUT2D eigenvalue weighted by Gasteiger charge is -2.31. The number of anilines is 1. The van der Waals surface area contributed by atoms with Gasteiger partial charge in [0.05, 0.1) is 12.7 Å². The number of nitrogens with zero attached hydrogens (tertiary/aromatic N) is 1. The van der Waals surface area contributed by atoms with Crippen molar-refractivity contribution in [3.63, 3.8) is 0 Å². The summed E-state index contributed by atoms with van der Waals surface area (Å²) in [5.74, 6) is 0. The fraction of sp³-hybridized carbons (Fsp3) is 0.417. The number of hydrogen-bond donors (Lipinski definition) is 1. The maximum atomic E-state index is 11.9.